The van der Waals surface area contributed by atoms with Crippen LogP contribution >= 0.6 is 0 Å². The highest BCUT2D eigenvalue weighted by Crippen LogP contribution is 2.29. The Hall–Kier alpha value is -2.20. The largest absolute Gasteiger partial charge is 0.348 e. The predicted octanol–water partition coefficient (Wildman–Crippen LogP) is 3.45. The second-order valence-electron chi connectivity index (χ2n) is 6.51. The highest BCUT2D eigenvalue weighted by molar-refractivity contribution is 5.78. The van der Waals surface area contributed by atoms with E-state index in [1.54, 1.807) is 12.1 Å². The monoisotopic (exact) mass is 326 g/mol. The summed E-state index contributed by atoms with van der Waals surface area (Å²) < 4.78 is 12.9. The van der Waals surface area contributed by atoms with E-state index < -0.39 is 0 Å². The van der Waals surface area contributed by atoms with Gasteiger partial charge in [0, 0.05) is 6.54 Å². The molecule has 1 aliphatic carbocycles. The van der Waals surface area contributed by atoms with E-state index in [2.05, 4.69) is 23.5 Å². The van der Waals surface area contributed by atoms with Gasteiger partial charge in [0.1, 0.15) is 5.82 Å². The standard InChI is InChI=1S/C20H23FN2O/c1-23(13-15-9-11-17(21)12-10-15)14-20(24)22-19-8-4-6-16-5-2-3-7-18(16)19/h2-3,5,7,9-12,19H,4,6,8,13-14H2,1H3,(H,22,24)/t19-/m1/s1. The van der Waals surface area contributed by atoms with Crippen LogP contribution in [0.2, 0.25) is 0 Å². The molecule has 2 aromatic carbocycles. The number of benzene rings is 2. The summed E-state index contributed by atoms with van der Waals surface area (Å²) in [6, 6.07) is 14.9. The second kappa shape index (κ2) is 7.58. The topological polar surface area (TPSA) is 32.3 Å². The first-order valence-corrected chi connectivity index (χ1v) is 8.42. The van der Waals surface area contributed by atoms with E-state index in [1.807, 2.05) is 18.0 Å². The number of likely N-dealkylation sites (N-methyl/N-ethyl adjacent to an activating group) is 1. The molecule has 0 spiro atoms. The fourth-order valence-electron chi connectivity index (χ4n) is 3.35. The first-order chi connectivity index (χ1) is 11.6. The van der Waals surface area contributed by atoms with E-state index in [9.17, 15) is 9.18 Å². The summed E-state index contributed by atoms with van der Waals surface area (Å²) in [6.07, 6.45) is 3.19. The lowest BCUT2D eigenvalue weighted by molar-refractivity contribution is -0.122. The Morgan fingerprint density at radius 3 is 2.75 bits per heavy atom. The van der Waals surface area contributed by atoms with E-state index in [1.165, 1.54) is 23.3 Å². The molecule has 3 nitrogen and oxygen atoms in total. The van der Waals surface area contributed by atoms with Gasteiger partial charge in [-0.1, -0.05) is 36.4 Å². The van der Waals surface area contributed by atoms with Gasteiger partial charge < -0.3 is 5.32 Å². The molecule has 1 amide bonds. The molecule has 0 unspecified atom stereocenters. The second-order valence-corrected chi connectivity index (χ2v) is 6.51. The minimum Gasteiger partial charge on any atom is -0.348 e. The van der Waals surface area contributed by atoms with Crippen LogP contribution in [0.4, 0.5) is 4.39 Å². The number of hydrogen-bond donors (Lipinski definition) is 1. The van der Waals surface area contributed by atoms with Crippen LogP contribution in [0.25, 0.3) is 0 Å². The van der Waals surface area contributed by atoms with Gasteiger partial charge >= 0.3 is 0 Å². The van der Waals surface area contributed by atoms with Gasteiger partial charge in [-0.15, -0.1) is 0 Å². The molecule has 3 rings (SSSR count). The van der Waals surface area contributed by atoms with Crippen molar-refractivity contribution in [3.63, 3.8) is 0 Å². The highest BCUT2D eigenvalue weighted by Gasteiger charge is 2.21. The molecule has 24 heavy (non-hydrogen) atoms. The van der Waals surface area contributed by atoms with Crippen LogP contribution < -0.4 is 5.32 Å². The average Bonchev–Trinajstić information content (AvgIpc) is 2.57. The summed E-state index contributed by atoms with van der Waals surface area (Å²) in [4.78, 5) is 14.3. The van der Waals surface area contributed by atoms with Crippen LogP contribution in [0.5, 0.6) is 0 Å². The maximum Gasteiger partial charge on any atom is 0.234 e. The number of aryl methyl sites for hydroxylation is 1. The Kier molecular flexibility index (Phi) is 5.26. The Balaban J connectivity index is 1.55. The molecule has 0 fully saturated rings. The highest BCUT2D eigenvalue weighted by atomic mass is 19.1. The van der Waals surface area contributed by atoms with Crippen molar-refractivity contribution in [3.05, 3.63) is 71.0 Å². The Morgan fingerprint density at radius 1 is 1.21 bits per heavy atom. The summed E-state index contributed by atoms with van der Waals surface area (Å²) in [5, 5.41) is 3.16. The molecule has 0 saturated heterocycles. The van der Waals surface area contributed by atoms with Crippen molar-refractivity contribution in [3.8, 4) is 0 Å². The summed E-state index contributed by atoms with van der Waals surface area (Å²) in [6.45, 7) is 0.949. The van der Waals surface area contributed by atoms with E-state index in [0.717, 1.165) is 24.8 Å². The van der Waals surface area contributed by atoms with Crippen molar-refractivity contribution >= 4 is 5.91 Å². The number of amides is 1. The number of hydrogen-bond acceptors (Lipinski definition) is 2. The third-order valence-corrected chi connectivity index (χ3v) is 4.48. The molecule has 0 radical (unpaired) electrons. The normalized spacial score (nSPS) is 16.7. The van der Waals surface area contributed by atoms with Crippen molar-refractivity contribution in [1.82, 2.24) is 10.2 Å². The molecule has 4 heteroatoms. The predicted molar refractivity (Wildman–Crippen MR) is 93.0 cm³/mol. The first kappa shape index (κ1) is 16.7. The zero-order valence-electron chi connectivity index (χ0n) is 14.0. The molecular formula is C20H23FN2O. The molecule has 0 aromatic heterocycles. The van der Waals surface area contributed by atoms with Gasteiger partial charge in [0.2, 0.25) is 5.91 Å². The number of carbonyl (C=O) groups excluding carboxylic acids is 1. The SMILES string of the molecule is CN(CC(=O)N[C@@H]1CCCc2ccccc21)Cc1ccc(F)cc1. The van der Waals surface area contributed by atoms with Crippen LogP contribution in [0.1, 0.15) is 35.6 Å². The lowest BCUT2D eigenvalue weighted by Crippen LogP contribution is -2.38. The summed E-state index contributed by atoms with van der Waals surface area (Å²) in [5.41, 5.74) is 3.58. The smallest absolute Gasteiger partial charge is 0.234 e. The fraction of sp³-hybridized carbons (Fsp3) is 0.350. The van der Waals surface area contributed by atoms with Gasteiger partial charge in [-0.3, -0.25) is 9.69 Å². The first-order valence-electron chi connectivity index (χ1n) is 8.42. The van der Waals surface area contributed by atoms with Gasteiger partial charge in [0.05, 0.1) is 12.6 Å². The molecule has 0 heterocycles. The fourth-order valence-corrected chi connectivity index (χ4v) is 3.35. The lowest BCUT2D eigenvalue weighted by atomic mass is 9.88. The third-order valence-electron chi connectivity index (χ3n) is 4.48. The summed E-state index contributed by atoms with van der Waals surface area (Å²) in [7, 11) is 1.90. The molecule has 1 atom stereocenters. The third kappa shape index (κ3) is 4.20. The maximum atomic E-state index is 12.9. The van der Waals surface area contributed by atoms with E-state index in [-0.39, 0.29) is 17.8 Å². The number of halogens is 1. The molecule has 0 aliphatic heterocycles. The van der Waals surface area contributed by atoms with Crippen LogP contribution in [0.15, 0.2) is 48.5 Å². The van der Waals surface area contributed by atoms with Gasteiger partial charge in [-0.05, 0) is 55.1 Å². The maximum absolute atomic E-state index is 12.9. The number of nitrogens with zero attached hydrogens (tertiary/aromatic N) is 1. The quantitative estimate of drug-likeness (QED) is 0.913. The minimum absolute atomic E-state index is 0.0290. The molecule has 1 N–H and O–H groups in total. The number of nitrogens with one attached hydrogen (secondary N) is 1. The van der Waals surface area contributed by atoms with Gasteiger partial charge in [0.25, 0.3) is 0 Å². The van der Waals surface area contributed by atoms with Crippen LogP contribution in [0, 0.1) is 5.82 Å². The molecule has 1 aliphatic rings. The number of rotatable bonds is 5. The Bertz CT molecular complexity index is 699. The Labute approximate surface area is 142 Å². The molecule has 0 saturated carbocycles. The van der Waals surface area contributed by atoms with Gasteiger partial charge in [0.15, 0.2) is 0 Å². The van der Waals surface area contributed by atoms with E-state index in [0.29, 0.717) is 13.1 Å². The van der Waals surface area contributed by atoms with E-state index in [4.69, 9.17) is 0 Å². The van der Waals surface area contributed by atoms with Crippen LogP contribution in [0.3, 0.4) is 0 Å². The lowest BCUT2D eigenvalue weighted by Gasteiger charge is -2.27. The van der Waals surface area contributed by atoms with Crippen molar-refractivity contribution in [2.45, 2.75) is 31.8 Å². The number of carbonyl (C=O) groups is 1. The summed E-state index contributed by atoms with van der Waals surface area (Å²) in [5.74, 6) is -0.212. The Morgan fingerprint density at radius 2 is 1.96 bits per heavy atom. The summed E-state index contributed by atoms with van der Waals surface area (Å²) >= 11 is 0. The molecule has 126 valence electrons. The van der Waals surface area contributed by atoms with E-state index >= 15 is 0 Å². The average molecular weight is 326 g/mol. The van der Waals surface area contributed by atoms with Gasteiger partial charge in [-0.25, -0.2) is 4.39 Å². The zero-order valence-corrected chi connectivity index (χ0v) is 14.0. The molecule has 2 aromatic rings. The van der Waals surface area contributed by atoms with Crippen molar-refractivity contribution in [1.29, 1.82) is 0 Å². The zero-order chi connectivity index (χ0) is 16.9. The van der Waals surface area contributed by atoms with Crippen molar-refractivity contribution in [2.75, 3.05) is 13.6 Å². The van der Waals surface area contributed by atoms with Crippen LogP contribution in [-0.2, 0) is 17.8 Å². The number of fused-ring (bicyclic) bond motifs is 1. The van der Waals surface area contributed by atoms with Crippen molar-refractivity contribution in [2.24, 2.45) is 0 Å². The van der Waals surface area contributed by atoms with Crippen LogP contribution in [-0.4, -0.2) is 24.4 Å². The van der Waals surface area contributed by atoms with Crippen molar-refractivity contribution < 1.29 is 9.18 Å². The van der Waals surface area contributed by atoms with Gasteiger partial charge in [-0.2, -0.15) is 0 Å². The molecular weight excluding hydrogens is 303 g/mol. The molecule has 0 bridgehead atoms. The minimum atomic E-state index is -0.241.